The van der Waals surface area contributed by atoms with Crippen LogP contribution in [-0.4, -0.2) is 44.1 Å². The molecule has 1 fully saturated rings. The van der Waals surface area contributed by atoms with Gasteiger partial charge in [0, 0.05) is 31.7 Å². The fourth-order valence-corrected chi connectivity index (χ4v) is 1.84. The fraction of sp³-hybridized carbons (Fsp3) is 0.417. The number of halogens is 2. The highest BCUT2D eigenvalue weighted by atomic mass is 35.5. The van der Waals surface area contributed by atoms with E-state index in [1.165, 1.54) is 25.3 Å². The summed E-state index contributed by atoms with van der Waals surface area (Å²) < 4.78 is 18.1. The van der Waals surface area contributed by atoms with E-state index in [1.807, 2.05) is 0 Å². The van der Waals surface area contributed by atoms with Crippen molar-refractivity contribution in [2.75, 3.05) is 33.3 Å². The average Bonchev–Trinajstić information content (AvgIpc) is 2.39. The Morgan fingerprint density at radius 2 is 2.06 bits per heavy atom. The molecule has 4 nitrogen and oxygen atoms in total. The molecule has 1 N–H and O–H groups in total. The third-order valence-corrected chi connectivity index (χ3v) is 2.80. The van der Waals surface area contributed by atoms with Crippen molar-refractivity contribution in [3.05, 3.63) is 29.6 Å². The monoisotopic (exact) mass is 274 g/mol. The van der Waals surface area contributed by atoms with Gasteiger partial charge in [-0.3, -0.25) is 4.79 Å². The Labute approximate surface area is 112 Å². The molecule has 6 heteroatoms. The maximum Gasteiger partial charge on any atom is 0.254 e. The highest BCUT2D eigenvalue weighted by molar-refractivity contribution is 5.94. The van der Waals surface area contributed by atoms with E-state index in [9.17, 15) is 9.18 Å². The molecule has 100 valence electrons. The van der Waals surface area contributed by atoms with Crippen LogP contribution >= 0.6 is 12.4 Å². The van der Waals surface area contributed by atoms with Crippen molar-refractivity contribution in [1.82, 2.24) is 10.2 Å². The Balaban J connectivity index is 0.00000162. The van der Waals surface area contributed by atoms with Crippen molar-refractivity contribution < 1.29 is 13.9 Å². The van der Waals surface area contributed by atoms with E-state index in [-0.39, 0.29) is 24.1 Å². The van der Waals surface area contributed by atoms with Crippen LogP contribution in [0.5, 0.6) is 5.75 Å². The Kier molecular flexibility index (Phi) is 5.37. The predicted octanol–water partition coefficient (Wildman–Crippen LogP) is 1.30. The van der Waals surface area contributed by atoms with E-state index in [4.69, 9.17) is 4.74 Å². The molecule has 0 saturated carbocycles. The zero-order valence-electron chi connectivity index (χ0n) is 10.1. The minimum atomic E-state index is -0.454. The minimum absolute atomic E-state index is 0. The van der Waals surface area contributed by atoms with E-state index < -0.39 is 5.82 Å². The van der Waals surface area contributed by atoms with Gasteiger partial charge in [-0.2, -0.15) is 0 Å². The second-order valence-corrected chi connectivity index (χ2v) is 3.89. The van der Waals surface area contributed by atoms with E-state index in [2.05, 4.69) is 5.32 Å². The van der Waals surface area contributed by atoms with E-state index >= 15 is 0 Å². The highest BCUT2D eigenvalue weighted by Gasteiger charge is 2.19. The minimum Gasteiger partial charge on any atom is -0.494 e. The average molecular weight is 275 g/mol. The first-order chi connectivity index (χ1) is 8.22. The molecule has 1 aromatic rings. The predicted molar refractivity (Wildman–Crippen MR) is 69.0 cm³/mol. The van der Waals surface area contributed by atoms with Crippen molar-refractivity contribution in [2.24, 2.45) is 0 Å². The number of benzene rings is 1. The van der Waals surface area contributed by atoms with Crippen LogP contribution in [0.2, 0.25) is 0 Å². The number of nitrogens with one attached hydrogen (secondary N) is 1. The summed E-state index contributed by atoms with van der Waals surface area (Å²) in [5.74, 6) is -0.430. The van der Waals surface area contributed by atoms with Gasteiger partial charge in [0.05, 0.1) is 7.11 Å². The lowest BCUT2D eigenvalue weighted by molar-refractivity contribution is 0.0735. The topological polar surface area (TPSA) is 41.6 Å². The summed E-state index contributed by atoms with van der Waals surface area (Å²) in [5.41, 5.74) is 0.463. The zero-order valence-corrected chi connectivity index (χ0v) is 10.9. The Morgan fingerprint density at radius 3 is 2.67 bits per heavy atom. The summed E-state index contributed by atoms with van der Waals surface area (Å²) in [6.45, 7) is 2.95. The molecule has 18 heavy (non-hydrogen) atoms. The molecule has 0 aliphatic carbocycles. The number of nitrogens with zero attached hydrogens (tertiary/aromatic N) is 1. The molecule has 1 heterocycles. The largest absolute Gasteiger partial charge is 0.494 e. The third kappa shape index (κ3) is 3.11. The first-order valence-corrected chi connectivity index (χ1v) is 5.56. The number of hydrogen-bond donors (Lipinski definition) is 1. The molecular weight excluding hydrogens is 259 g/mol. The molecule has 2 rings (SSSR count). The van der Waals surface area contributed by atoms with Crippen molar-refractivity contribution in [3.63, 3.8) is 0 Å². The summed E-state index contributed by atoms with van der Waals surface area (Å²) in [4.78, 5) is 13.9. The summed E-state index contributed by atoms with van der Waals surface area (Å²) in [7, 11) is 1.39. The maximum atomic E-state index is 13.2. The number of carbonyl (C=O) groups excluding carboxylic acids is 1. The van der Waals surface area contributed by atoms with Crippen molar-refractivity contribution in [2.45, 2.75) is 0 Å². The summed E-state index contributed by atoms with van der Waals surface area (Å²) >= 11 is 0. The van der Waals surface area contributed by atoms with Gasteiger partial charge in [0.2, 0.25) is 0 Å². The Hall–Kier alpha value is -1.33. The van der Waals surface area contributed by atoms with Gasteiger partial charge in [0.25, 0.3) is 5.91 Å². The molecule has 1 aromatic carbocycles. The van der Waals surface area contributed by atoms with Gasteiger partial charge in [0.1, 0.15) is 0 Å². The van der Waals surface area contributed by atoms with Gasteiger partial charge in [-0.15, -0.1) is 12.4 Å². The molecule has 1 aliphatic heterocycles. The number of amides is 1. The Morgan fingerprint density at radius 1 is 1.39 bits per heavy atom. The van der Waals surface area contributed by atoms with Crippen LogP contribution in [0, 0.1) is 5.82 Å². The van der Waals surface area contributed by atoms with Gasteiger partial charge in [0.15, 0.2) is 11.6 Å². The summed E-state index contributed by atoms with van der Waals surface area (Å²) in [6.07, 6.45) is 0. The number of methoxy groups -OCH3 is 1. The van der Waals surface area contributed by atoms with Crippen molar-refractivity contribution >= 4 is 18.3 Å². The quantitative estimate of drug-likeness (QED) is 0.884. The van der Waals surface area contributed by atoms with Gasteiger partial charge >= 0.3 is 0 Å². The van der Waals surface area contributed by atoms with Gasteiger partial charge < -0.3 is 15.0 Å². The van der Waals surface area contributed by atoms with E-state index in [0.29, 0.717) is 18.7 Å². The molecular formula is C12H16ClFN2O2. The normalized spacial score (nSPS) is 14.9. The fourth-order valence-electron chi connectivity index (χ4n) is 1.84. The lowest BCUT2D eigenvalue weighted by Gasteiger charge is -2.27. The molecule has 0 radical (unpaired) electrons. The van der Waals surface area contributed by atoms with Crippen LogP contribution in [0.15, 0.2) is 18.2 Å². The summed E-state index contributed by atoms with van der Waals surface area (Å²) in [6, 6.07) is 4.19. The SMILES string of the molecule is COc1cc(C(=O)N2CCNCC2)ccc1F.Cl. The van der Waals surface area contributed by atoms with Crippen LogP contribution < -0.4 is 10.1 Å². The zero-order chi connectivity index (χ0) is 12.3. The van der Waals surface area contributed by atoms with E-state index in [1.54, 1.807) is 4.90 Å². The number of carbonyl (C=O) groups is 1. The molecule has 1 amide bonds. The summed E-state index contributed by atoms with van der Waals surface area (Å²) in [5, 5.41) is 3.17. The standard InChI is InChI=1S/C12H15FN2O2.ClH/c1-17-11-8-9(2-3-10(11)13)12(16)15-6-4-14-5-7-15;/h2-3,8,14H,4-7H2,1H3;1H. The molecule has 0 atom stereocenters. The molecule has 0 bridgehead atoms. The Bertz CT molecular complexity index is 423. The second kappa shape index (κ2) is 6.56. The lowest BCUT2D eigenvalue weighted by Crippen LogP contribution is -2.46. The molecule has 0 spiro atoms. The van der Waals surface area contributed by atoms with E-state index in [0.717, 1.165) is 13.1 Å². The maximum absolute atomic E-state index is 13.2. The van der Waals surface area contributed by atoms with Crippen LogP contribution in [0.4, 0.5) is 4.39 Å². The van der Waals surface area contributed by atoms with Crippen molar-refractivity contribution in [1.29, 1.82) is 0 Å². The second-order valence-electron chi connectivity index (χ2n) is 3.89. The smallest absolute Gasteiger partial charge is 0.254 e. The highest BCUT2D eigenvalue weighted by Crippen LogP contribution is 2.19. The van der Waals surface area contributed by atoms with Crippen LogP contribution in [-0.2, 0) is 0 Å². The van der Waals surface area contributed by atoms with Gasteiger partial charge in [-0.25, -0.2) is 4.39 Å². The third-order valence-electron chi connectivity index (χ3n) is 2.80. The first kappa shape index (κ1) is 14.7. The molecule has 0 aromatic heterocycles. The number of piperazine rings is 1. The van der Waals surface area contributed by atoms with Crippen LogP contribution in [0.1, 0.15) is 10.4 Å². The van der Waals surface area contributed by atoms with Crippen LogP contribution in [0.25, 0.3) is 0 Å². The molecule has 0 unspecified atom stereocenters. The first-order valence-electron chi connectivity index (χ1n) is 5.56. The number of rotatable bonds is 2. The van der Waals surface area contributed by atoms with Crippen molar-refractivity contribution in [3.8, 4) is 5.75 Å². The molecule has 1 aliphatic rings. The van der Waals surface area contributed by atoms with Gasteiger partial charge in [-0.05, 0) is 18.2 Å². The molecule has 1 saturated heterocycles. The van der Waals surface area contributed by atoms with Gasteiger partial charge in [-0.1, -0.05) is 0 Å². The van der Waals surface area contributed by atoms with Crippen LogP contribution in [0.3, 0.4) is 0 Å². The number of hydrogen-bond acceptors (Lipinski definition) is 3. The number of ether oxygens (including phenoxy) is 1. The lowest BCUT2D eigenvalue weighted by atomic mass is 10.1.